The molecule has 96 valence electrons. The average Bonchev–Trinajstić information content (AvgIpc) is 2.29. The van der Waals surface area contributed by atoms with Crippen molar-refractivity contribution in [2.45, 2.75) is 26.1 Å². The first-order valence-corrected chi connectivity index (χ1v) is 5.52. The average molecular weight is 243 g/mol. The molecule has 0 amide bonds. The van der Waals surface area contributed by atoms with Crippen LogP contribution in [0.2, 0.25) is 0 Å². The van der Waals surface area contributed by atoms with Gasteiger partial charge in [0, 0.05) is 6.54 Å². The number of aliphatic hydroxyl groups excluding tert-OH is 2. The van der Waals surface area contributed by atoms with E-state index in [-0.39, 0.29) is 25.0 Å². The summed E-state index contributed by atoms with van der Waals surface area (Å²) in [6.07, 6.45) is -1.03. The van der Waals surface area contributed by atoms with Gasteiger partial charge >= 0.3 is 0 Å². The second kappa shape index (κ2) is 6.42. The van der Waals surface area contributed by atoms with E-state index in [2.05, 4.69) is 5.32 Å². The molecule has 1 rings (SSSR count). The second-order valence-corrected chi connectivity index (χ2v) is 4.00. The molecule has 1 atom stereocenters. The van der Waals surface area contributed by atoms with Crippen molar-refractivity contribution in [3.63, 3.8) is 0 Å². The van der Waals surface area contributed by atoms with E-state index in [0.29, 0.717) is 5.69 Å². The summed E-state index contributed by atoms with van der Waals surface area (Å²) in [6, 6.07) is 4.52. The van der Waals surface area contributed by atoms with E-state index in [1.54, 1.807) is 26.0 Å². The number of rotatable bonds is 6. The minimum absolute atomic E-state index is 0.132. The molecule has 0 saturated heterocycles. The minimum Gasteiger partial charge on any atom is -0.486 e. The molecule has 0 aliphatic heterocycles. The lowest BCUT2D eigenvalue weighted by molar-refractivity contribution is 0.105. The van der Waals surface area contributed by atoms with Crippen LogP contribution in [0, 0.1) is 5.82 Å². The zero-order valence-corrected chi connectivity index (χ0v) is 9.98. The van der Waals surface area contributed by atoms with Crippen LogP contribution < -0.4 is 10.1 Å². The molecule has 0 aromatic heterocycles. The standard InChI is InChI=1S/C12H18FNO3/c1-8(2)17-12-10(13)4-3-5-11(12)14-6-9(16)7-15/h3-5,8-9,14-16H,6-7H2,1-2H3. The number of halogens is 1. The molecule has 17 heavy (non-hydrogen) atoms. The molecule has 0 aliphatic carbocycles. The van der Waals surface area contributed by atoms with Crippen molar-refractivity contribution in [3.8, 4) is 5.75 Å². The predicted octanol–water partition coefficient (Wildman–Crippen LogP) is 1.38. The molecule has 0 bridgehead atoms. The number of nitrogens with one attached hydrogen (secondary N) is 1. The summed E-state index contributed by atoms with van der Waals surface area (Å²) in [5, 5.41) is 20.7. The lowest BCUT2D eigenvalue weighted by atomic mass is 10.2. The van der Waals surface area contributed by atoms with E-state index >= 15 is 0 Å². The topological polar surface area (TPSA) is 61.7 Å². The highest BCUT2D eigenvalue weighted by Crippen LogP contribution is 2.28. The van der Waals surface area contributed by atoms with Gasteiger partial charge in [0.2, 0.25) is 0 Å². The molecule has 4 nitrogen and oxygen atoms in total. The number of aliphatic hydroxyl groups is 2. The van der Waals surface area contributed by atoms with E-state index in [1.165, 1.54) is 6.07 Å². The Kier molecular flexibility index (Phi) is 5.18. The maximum absolute atomic E-state index is 13.5. The minimum atomic E-state index is -0.884. The quantitative estimate of drug-likeness (QED) is 0.706. The van der Waals surface area contributed by atoms with Crippen LogP contribution in [0.15, 0.2) is 18.2 Å². The fourth-order valence-corrected chi connectivity index (χ4v) is 1.30. The van der Waals surface area contributed by atoms with E-state index in [4.69, 9.17) is 9.84 Å². The summed E-state index contributed by atoms with van der Waals surface area (Å²) in [7, 11) is 0. The maximum atomic E-state index is 13.5. The Morgan fingerprint density at radius 2 is 2.12 bits per heavy atom. The van der Waals surface area contributed by atoms with Crippen LogP contribution in [0.5, 0.6) is 5.75 Å². The summed E-state index contributed by atoms with van der Waals surface area (Å²) in [5.41, 5.74) is 0.464. The zero-order valence-electron chi connectivity index (χ0n) is 9.98. The van der Waals surface area contributed by atoms with Crippen LogP contribution in [0.1, 0.15) is 13.8 Å². The molecule has 1 aromatic carbocycles. The highest BCUT2D eigenvalue weighted by Gasteiger charge is 2.12. The molecular weight excluding hydrogens is 225 g/mol. The van der Waals surface area contributed by atoms with Gasteiger partial charge in [0.05, 0.1) is 24.5 Å². The summed E-state index contributed by atoms with van der Waals surface area (Å²) in [4.78, 5) is 0. The zero-order chi connectivity index (χ0) is 12.8. The van der Waals surface area contributed by atoms with E-state index in [9.17, 15) is 9.50 Å². The first-order valence-electron chi connectivity index (χ1n) is 5.52. The summed E-state index contributed by atoms with van der Waals surface area (Å²) >= 11 is 0. The van der Waals surface area contributed by atoms with E-state index < -0.39 is 11.9 Å². The highest BCUT2D eigenvalue weighted by atomic mass is 19.1. The Morgan fingerprint density at radius 3 is 2.71 bits per heavy atom. The van der Waals surface area contributed by atoms with Gasteiger partial charge in [0.15, 0.2) is 11.6 Å². The van der Waals surface area contributed by atoms with E-state index in [0.717, 1.165) is 0 Å². The number of ether oxygens (including phenoxy) is 1. The van der Waals surface area contributed by atoms with Crippen LogP contribution in [0.4, 0.5) is 10.1 Å². The Balaban J connectivity index is 2.79. The largest absolute Gasteiger partial charge is 0.486 e. The van der Waals surface area contributed by atoms with Crippen LogP contribution in [-0.2, 0) is 0 Å². The molecule has 3 N–H and O–H groups in total. The number of anilines is 1. The Morgan fingerprint density at radius 1 is 1.41 bits per heavy atom. The molecule has 0 fully saturated rings. The monoisotopic (exact) mass is 243 g/mol. The smallest absolute Gasteiger partial charge is 0.178 e. The fraction of sp³-hybridized carbons (Fsp3) is 0.500. The lowest BCUT2D eigenvalue weighted by Crippen LogP contribution is -2.23. The molecule has 0 aliphatic rings. The molecule has 1 aromatic rings. The van der Waals surface area contributed by atoms with Crippen molar-refractivity contribution in [1.82, 2.24) is 0 Å². The summed E-state index contributed by atoms with van der Waals surface area (Å²) < 4.78 is 18.9. The van der Waals surface area contributed by atoms with E-state index in [1.807, 2.05) is 0 Å². The predicted molar refractivity (Wildman–Crippen MR) is 63.7 cm³/mol. The molecule has 0 spiro atoms. The Hall–Kier alpha value is -1.33. The van der Waals surface area contributed by atoms with Gasteiger partial charge in [0.25, 0.3) is 0 Å². The molecule has 0 saturated carbocycles. The van der Waals surface area contributed by atoms with Crippen LogP contribution >= 0.6 is 0 Å². The van der Waals surface area contributed by atoms with Crippen LogP contribution in [0.25, 0.3) is 0 Å². The molecule has 0 heterocycles. The number of hydrogen-bond acceptors (Lipinski definition) is 4. The third-order valence-electron chi connectivity index (χ3n) is 2.06. The summed E-state index contributed by atoms with van der Waals surface area (Å²) in [6.45, 7) is 3.40. The van der Waals surface area contributed by atoms with Crippen molar-refractivity contribution in [2.24, 2.45) is 0 Å². The Bertz CT molecular complexity index is 358. The first-order chi connectivity index (χ1) is 8.04. The molecule has 5 heteroatoms. The van der Waals surface area contributed by atoms with Crippen molar-refractivity contribution in [1.29, 1.82) is 0 Å². The lowest BCUT2D eigenvalue weighted by Gasteiger charge is -2.17. The van der Waals surface area contributed by atoms with Gasteiger partial charge in [-0.1, -0.05) is 6.07 Å². The number of para-hydroxylation sites is 1. The highest BCUT2D eigenvalue weighted by molar-refractivity contribution is 5.57. The van der Waals surface area contributed by atoms with Crippen LogP contribution in [0.3, 0.4) is 0 Å². The van der Waals surface area contributed by atoms with Gasteiger partial charge in [0.1, 0.15) is 0 Å². The summed E-state index contributed by atoms with van der Waals surface area (Å²) in [5.74, 6) is -0.324. The Labute approximate surface area is 100 Å². The van der Waals surface area contributed by atoms with Crippen molar-refractivity contribution < 1.29 is 19.3 Å². The normalized spacial score (nSPS) is 12.6. The second-order valence-electron chi connectivity index (χ2n) is 4.00. The molecular formula is C12H18FNO3. The van der Waals surface area contributed by atoms with Crippen LogP contribution in [-0.4, -0.2) is 35.6 Å². The third-order valence-corrected chi connectivity index (χ3v) is 2.06. The van der Waals surface area contributed by atoms with Gasteiger partial charge in [-0.05, 0) is 26.0 Å². The number of hydrogen-bond donors (Lipinski definition) is 3. The van der Waals surface area contributed by atoms with Gasteiger partial charge in [-0.2, -0.15) is 0 Å². The van der Waals surface area contributed by atoms with Crippen molar-refractivity contribution in [2.75, 3.05) is 18.5 Å². The maximum Gasteiger partial charge on any atom is 0.178 e. The van der Waals surface area contributed by atoms with Gasteiger partial charge in [-0.3, -0.25) is 0 Å². The van der Waals surface area contributed by atoms with Gasteiger partial charge in [-0.25, -0.2) is 4.39 Å². The van der Waals surface area contributed by atoms with Crippen molar-refractivity contribution >= 4 is 5.69 Å². The van der Waals surface area contributed by atoms with Gasteiger partial charge in [-0.15, -0.1) is 0 Å². The van der Waals surface area contributed by atoms with Crippen molar-refractivity contribution in [3.05, 3.63) is 24.0 Å². The molecule has 1 unspecified atom stereocenters. The SMILES string of the molecule is CC(C)Oc1c(F)cccc1NCC(O)CO. The first kappa shape index (κ1) is 13.7. The third kappa shape index (κ3) is 4.20. The molecule has 0 radical (unpaired) electrons. The fourth-order valence-electron chi connectivity index (χ4n) is 1.30. The number of benzene rings is 1. The van der Waals surface area contributed by atoms with Gasteiger partial charge < -0.3 is 20.3 Å².